The standard InChI is InChI=1S/C12H15FN2O/c1-15-8-11(14-7-6-12(15)16)9-4-2-3-5-10(9)13/h2-5,11,14H,6-8H2,1H3. The van der Waals surface area contributed by atoms with E-state index in [2.05, 4.69) is 5.32 Å². The maximum absolute atomic E-state index is 13.6. The lowest BCUT2D eigenvalue weighted by molar-refractivity contribution is -0.129. The number of nitrogens with one attached hydrogen (secondary N) is 1. The molecule has 1 atom stereocenters. The SMILES string of the molecule is CN1CC(c2ccccc2F)NCCC1=O. The average Bonchev–Trinajstić information content (AvgIpc) is 2.43. The summed E-state index contributed by atoms with van der Waals surface area (Å²) < 4.78 is 13.6. The first-order valence-corrected chi connectivity index (χ1v) is 5.40. The molecule has 0 radical (unpaired) electrons. The molecule has 1 aliphatic rings. The normalized spacial score (nSPS) is 22.0. The quantitative estimate of drug-likeness (QED) is 0.777. The minimum atomic E-state index is -0.220. The molecule has 1 aromatic rings. The van der Waals surface area contributed by atoms with Crippen LogP contribution in [0.4, 0.5) is 4.39 Å². The summed E-state index contributed by atoms with van der Waals surface area (Å²) in [7, 11) is 1.75. The van der Waals surface area contributed by atoms with Gasteiger partial charge in [0.2, 0.25) is 5.91 Å². The molecule has 0 aromatic heterocycles. The van der Waals surface area contributed by atoms with E-state index in [1.807, 2.05) is 6.07 Å². The van der Waals surface area contributed by atoms with E-state index >= 15 is 0 Å². The molecule has 1 fully saturated rings. The first-order chi connectivity index (χ1) is 7.68. The number of nitrogens with zero attached hydrogens (tertiary/aromatic N) is 1. The molecule has 0 bridgehead atoms. The Labute approximate surface area is 94.3 Å². The third kappa shape index (κ3) is 2.22. The Hall–Kier alpha value is -1.42. The zero-order chi connectivity index (χ0) is 11.5. The van der Waals surface area contributed by atoms with Crippen molar-refractivity contribution in [3.05, 3.63) is 35.6 Å². The molecule has 0 saturated carbocycles. The fourth-order valence-corrected chi connectivity index (χ4v) is 1.95. The molecule has 1 aromatic carbocycles. The molecular formula is C12H15FN2O. The number of benzene rings is 1. The van der Waals surface area contributed by atoms with Crippen molar-refractivity contribution in [2.45, 2.75) is 12.5 Å². The Balaban J connectivity index is 2.21. The van der Waals surface area contributed by atoms with Crippen molar-refractivity contribution < 1.29 is 9.18 Å². The van der Waals surface area contributed by atoms with E-state index in [9.17, 15) is 9.18 Å². The summed E-state index contributed by atoms with van der Waals surface area (Å²) in [6, 6.07) is 6.58. The van der Waals surface area contributed by atoms with Crippen molar-refractivity contribution in [3.8, 4) is 0 Å². The van der Waals surface area contributed by atoms with Gasteiger partial charge < -0.3 is 10.2 Å². The molecule has 3 nitrogen and oxygen atoms in total. The Morgan fingerprint density at radius 2 is 2.19 bits per heavy atom. The molecule has 1 N–H and O–H groups in total. The van der Waals surface area contributed by atoms with Crippen LogP contribution >= 0.6 is 0 Å². The van der Waals surface area contributed by atoms with Crippen LogP contribution in [0.25, 0.3) is 0 Å². The highest BCUT2D eigenvalue weighted by Gasteiger charge is 2.22. The highest BCUT2D eigenvalue weighted by Crippen LogP contribution is 2.19. The van der Waals surface area contributed by atoms with Crippen molar-refractivity contribution in [3.63, 3.8) is 0 Å². The van der Waals surface area contributed by atoms with Crippen LogP contribution in [0.3, 0.4) is 0 Å². The first kappa shape index (κ1) is 11.1. The van der Waals surface area contributed by atoms with Crippen LogP contribution in [-0.4, -0.2) is 30.9 Å². The molecule has 0 aliphatic carbocycles. The van der Waals surface area contributed by atoms with Gasteiger partial charge in [0.05, 0.1) is 6.04 Å². The Morgan fingerprint density at radius 1 is 1.44 bits per heavy atom. The number of amides is 1. The highest BCUT2D eigenvalue weighted by molar-refractivity contribution is 5.76. The van der Waals surface area contributed by atoms with Crippen LogP contribution in [0, 0.1) is 5.82 Å². The Morgan fingerprint density at radius 3 is 2.94 bits per heavy atom. The topological polar surface area (TPSA) is 32.3 Å². The smallest absolute Gasteiger partial charge is 0.223 e. The molecule has 2 rings (SSSR count). The zero-order valence-electron chi connectivity index (χ0n) is 9.24. The zero-order valence-corrected chi connectivity index (χ0v) is 9.24. The van der Waals surface area contributed by atoms with Gasteiger partial charge in [0.15, 0.2) is 0 Å². The number of carbonyl (C=O) groups is 1. The van der Waals surface area contributed by atoms with Crippen molar-refractivity contribution >= 4 is 5.91 Å². The number of rotatable bonds is 1. The molecule has 1 heterocycles. The summed E-state index contributed by atoms with van der Waals surface area (Å²) in [4.78, 5) is 13.1. The van der Waals surface area contributed by atoms with Crippen LogP contribution in [-0.2, 0) is 4.79 Å². The third-order valence-corrected chi connectivity index (χ3v) is 2.89. The van der Waals surface area contributed by atoms with Gasteiger partial charge in [-0.15, -0.1) is 0 Å². The van der Waals surface area contributed by atoms with Crippen LogP contribution in [0.15, 0.2) is 24.3 Å². The van der Waals surface area contributed by atoms with E-state index in [0.29, 0.717) is 25.1 Å². The second-order valence-electron chi connectivity index (χ2n) is 4.05. The molecule has 1 aliphatic heterocycles. The predicted molar refractivity (Wildman–Crippen MR) is 59.4 cm³/mol. The van der Waals surface area contributed by atoms with E-state index in [1.54, 1.807) is 24.1 Å². The van der Waals surface area contributed by atoms with E-state index in [1.165, 1.54) is 6.07 Å². The monoisotopic (exact) mass is 222 g/mol. The summed E-state index contributed by atoms with van der Waals surface area (Å²) in [5.74, 6) is -0.117. The Bertz CT molecular complexity index is 394. The lowest BCUT2D eigenvalue weighted by Crippen LogP contribution is -2.31. The number of likely N-dealkylation sites (N-methyl/N-ethyl adjacent to an activating group) is 1. The van der Waals surface area contributed by atoms with Gasteiger partial charge in [-0.1, -0.05) is 18.2 Å². The third-order valence-electron chi connectivity index (χ3n) is 2.89. The summed E-state index contributed by atoms with van der Waals surface area (Å²) in [5.41, 5.74) is 0.629. The van der Waals surface area contributed by atoms with Crippen LogP contribution in [0.5, 0.6) is 0 Å². The minimum Gasteiger partial charge on any atom is -0.344 e. The fourth-order valence-electron chi connectivity index (χ4n) is 1.95. The van der Waals surface area contributed by atoms with Crippen molar-refractivity contribution in [2.24, 2.45) is 0 Å². The molecule has 1 saturated heterocycles. The van der Waals surface area contributed by atoms with Gasteiger partial charge in [0, 0.05) is 32.1 Å². The summed E-state index contributed by atoms with van der Waals surface area (Å²) in [5, 5.41) is 3.20. The fraction of sp³-hybridized carbons (Fsp3) is 0.417. The molecule has 0 spiro atoms. The summed E-state index contributed by atoms with van der Waals surface area (Å²) in [6.07, 6.45) is 0.474. The molecule has 1 amide bonds. The van der Waals surface area contributed by atoms with Gasteiger partial charge >= 0.3 is 0 Å². The average molecular weight is 222 g/mol. The molecule has 1 unspecified atom stereocenters. The maximum atomic E-state index is 13.6. The number of hydrogen-bond donors (Lipinski definition) is 1. The Kier molecular flexibility index (Phi) is 3.19. The maximum Gasteiger partial charge on any atom is 0.223 e. The van der Waals surface area contributed by atoms with E-state index in [4.69, 9.17) is 0 Å². The number of carbonyl (C=O) groups excluding carboxylic acids is 1. The van der Waals surface area contributed by atoms with E-state index < -0.39 is 0 Å². The second kappa shape index (κ2) is 4.61. The van der Waals surface area contributed by atoms with E-state index in [0.717, 1.165) is 0 Å². The van der Waals surface area contributed by atoms with Crippen molar-refractivity contribution in [1.29, 1.82) is 0 Å². The van der Waals surface area contributed by atoms with Gasteiger partial charge in [0.1, 0.15) is 5.82 Å². The van der Waals surface area contributed by atoms with Crippen LogP contribution < -0.4 is 5.32 Å². The number of hydrogen-bond acceptors (Lipinski definition) is 2. The first-order valence-electron chi connectivity index (χ1n) is 5.40. The predicted octanol–water partition coefficient (Wildman–Crippen LogP) is 1.32. The minimum absolute atomic E-state index is 0.103. The van der Waals surface area contributed by atoms with Gasteiger partial charge in [0.25, 0.3) is 0 Å². The second-order valence-corrected chi connectivity index (χ2v) is 4.05. The van der Waals surface area contributed by atoms with Gasteiger partial charge in [-0.3, -0.25) is 4.79 Å². The van der Waals surface area contributed by atoms with E-state index in [-0.39, 0.29) is 17.8 Å². The molecule has 4 heteroatoms. The van der Waals surface area contributed by atoms with Crippen molar-refractivity contribution in [2.75, 3.05) is 20.1 Å². The lowest BCUT2D eigenvalue weighted by Gasteiger charge is -2.21. The van der Waals surface area contributed by atoms with Gasteiger partial charge in [-0.05, 0) is 6.07 Å². The molecule has 86 valence electrons. The summed E-state index contributed by atoms with van der Waals surface area (Å²) in [6.45, 7) is 1.11. The summed E-state index contributed by atoms with van der Waals surface area (Å²) >= 11 is 0. The van der Waals surface area contributed by atoms with Gasteiger partial charge in [-0.25, -0.2) is 4.39 Å². The van der Waals surface area contributed by atoms with Crippen LogP contribution in [0.2, 0.25) is 0 Å². The lowest BCUT2D eigenvalue weighted by atomic mass is 10.1. The number of halogens is 1. The largest absolute Gasteiger partial charge is 0.344 e. The van der Waals surface area contributed by atoms with Crippen molar-refractivity contribution in [1.82, 2.24) is 10.2 Å². The van der Waals surface area contributed by atoms with Gasteiger partial charge in [-0.2, -0.15) is 0 Å². The van der Waals surface area contributed by atoms with Crippen LogP contribution in [0.1, 0.15) is 18.0 Å². The highest BCUT2D eigenvalue weighted by atomic mass is 19.1. The molecular weight excluding hydrogens is 207 g/mol. The molecule has 16 heavy (non-hydrogen) atoms.